The number of nitrogens with zero attached hydrogens (tertiary/aromatic N) is 2. The van der Waals surface area contributed by atoms with Crippen molar-refractivity contribution in [3.63, 3.8) is 0 Å². The molecular formula is C22H21ClN2O4S. The molecule has 1 aliphatic rings. The third-order valence-corrected chi connectivity index (χ3v) is 6.38. The smallest absolute Gasteiger partial charge is 0.289 e. The van der Waals surface area contributed by atoms with Gasteiger partial charge in [0.25, 0.3) is 11.8 Å². The van der Waals surface area contributed by atoms with Crippen LogP contribution < -0.4 is 4.74 Å². The van der Waals surface area contributed by atoms with Gasteiger partial charge >= 0.3 is 0 Å². The highest BCUT2D eigenvalue weighted by Gasteiger charge is 2.27. The quantitative estimate of drug-likeness (QED) is 0.582. The van der Waals surface area contributed by atoms with E-state index in [0.717, 1.165) is 16.9 Å². The highest BCUT2D eigenvalue weighted by Crippen LogP contribution is 2.23. The summed E-state index contributed by atoms with van der Waals surface area (Å²) >= 11 is 7.45. The van der Waals surface area contributed by atoms with E-state index in [1.807, 2.05) is 36.6 Å². The average Bonchev–Trinajstić information content (AvgIpc) is 3.46. The standard InChI is InChI=1S/C22H21ClN2O4S/c1-15-11-17(4-5-18(15)23)29-13-16-12-20(30-14-16)22(27)25-8-6-24(7-9-25)21(26)19-3-2-10-28-19/h2-5,10-12,14H,6-9,13H2,1H3. The van der Waals surface area contributed by atoms with Gasteiger partial charge in [0.05, 0.1) is 11.1 Å². The molecule has 2 aromatic heterocycles. The SMILES string of the molecule is Cc1cc(OCc2csc(C(=O)N3CCN(C(=O)c4ccco4)CC3)c2)ccc1Cl. The molecule has 6 nitrogen and oxygen atoms in total. The number of amides is 2. The topological polar surface area (TPSA) is 63.0 Å². The van der Waals surface area contributed by atoms with E-state index in [-0.39, 0.29) is 11.8 Å². The summed E-state index contributed by atoms with van der Waals surface area (Å²) in [5.41, 5.74) is 1.91. The van der Waals surface area contributed by atoms with E-state index in [9.17, 15) is 9.59 Å². The Labute approximate surface area is 183 Å². The van der Waals surface area contributed by atoms with Gasteiger partial charge in [-0.05, 0) is 54.3 Å². The van der Waals surface area contributed by atoms with E-state index in [2.05, 4.69) is 0 Å². The Morgan fingerprint density at radius 1 is 1.10 bits per heavy atom. The molecule has 1 aliphatic heterocycles. The number of hydrogen-bond acceptors (Lipinski definition) is 5. The zero-order valence-electron chi connectivity index (χ0n) is 16.5. The molecule has 8 heteroatoms. The highest BCUT2D eigenvalue weighted by atomic mass is 35.5. The minimum atomic E-state index is -0.139. The highest BCUT2D eigenvalue weighted by molar-refractivity contribution is 7.12. The summed E-state index contributed by atoms with van der Waals surface area (Å²) in [5, 5.41) is 2.64. The monoisotopic (exact) mass is 444 g/mol. The van der Waals surface area contributed by atoms with Crippen LogP contribution in [0.3, 0.4) is 0 Å². The zero-order valence-corrected chi connectivity index (χ0v) is 18.0. The van der Waals surface area contributed by atoms with Crippen LogP contribution in [-0.2, 0) is 6.61 Å². The van der Waals surface area contributed by atoms with Gasteiger partial charge in [-0.1, -0.05) is 11.6 Å². The molecule has 0 unspecified atom stereocenters. The third kappa shape index (κ3) is 4.52. The first-order valence-corrected chi connectivity index (χ1v) is 10.9. The summed E-state index contributed by atoms with van der Waals surface area (Å²) in [6.07, 6.45) is 1.49. The fourth-order valence-electron chi connectivity index (χ4n) is 3.26. The zero-order chi connectivity index (χ0) is 21.1. The first-order valence-electron chi connectivity index (χ1n) is 9.59. The minimum absolute atomic E-state index is 0.0151. The maximum absolute atomic E-state index is 12.8. The van der Waals surface area contributed by atoms with Crippen molar-refractivity contribution in [2.45, 2.75) is 13.5 Å². The number of hydrogen-bond donors (Lipinski definition) is 0. The number of thiophene rings is 1. The van der Waals surface area contributed by atoms with Crippen LogP contribution in [0.1, 0.15) is 31.4 Å². The minimum Gasteiger partial charge on any atom is -0.489 e. The van der Waals surface area contributed by atoms with Gasteiger partial charge in [0, 0.05) is 36.8 Å². The first kappa shape index (κ1) is 20.5. The molecule has 156 valence electrons. The summed E-state index contributed by atoms with van der Waals surface area (Å²) in [5.74, 6) is 0.917. The molecule has 0 aliphatic carbocycles. The molecule has 3 aromatic rings. The molecule has 2 amide bonds. The van der Waals surface area contributed by atoms with Crippen LogP contribution in [0, 0.1) is 6.92 Å². The van der Waals surface area contributed by atoms with Gasteiger partial charge in [-0.25, -0.2) is 0 Å². The number of benzene rings is 1. The molecule has 0 spiro atoms. The Hall–Kier alpha value is -2.77. The number of ether oxygens (including phenoxy) is 1. The van der Waals surface area contributed by atoms with Crippen molar-refractivity contribution in [1.82, 2.24) is 9.80 Å². The van der Waals surface area contributed by atoms with Gasteiger partial charge in [-0.2, -0.15) is 0 Å². The molecule has 4 rings (SSSR count). The summed E-state index contributed by atoms with van der Waals surface area (Å²) in [4.78, 5) is 29.4. The second-order valence-corrected chi connectivity index (χ2v) is 8.40. The van der Waals surface area contributed by atoms with Crippen molar-refractivity contribution in [2.24, 2.45) is 0 Å². The van der Waals surface area contributed by atoms with Crippen LogP contribution in [0.5, 0.6) is 5.75 Å². The second-order valence-electron chi connectivity index (χ2n) is 7.08. The largest absolute Gasteiger partial charge is 0.489 e. The summed E-state index contributed by atoms with van der Waals surface area (Å²) in [6, 6.07) is 10.8. The Morgan fingerprint density at radius 3 is 2.50 bits per heavy atom. The number of carbonyl (C=O) groups is 2. The van der Waals surface area contributed by atoms with Crippen molar-refractivity contribution in [2.75, 3.05) is 26.2 Å². The predicted molar refractivity (Wildman–Crippen MR) is 115 cm³/mol. The van der Waals surface area contributed by atoms with E-state index in [1.165, 1.54) is 17.6 Å². The van der Waals surface area contributed by atoms with Crippen LogP contribution in [-0.4, -0.2) is 47.8 Å². The Balaban J connectivity index is 1.31. The second kappa shape index (κ2) is 8.93. The lowest BCUT2D eigenvalue weighted by Crippen LogP contribution is -2.50. The van der Waals surface area contributed by atoms with Gasteiger partial charge in [0.1, 0.15) is 12.4 Å². The predicted octanol–water partition coefficient (Wildman–Crippen LogP) is 4.48. The lowest BCUT2D eigenvalue weighted by Gasteiger charge is -2.34. The summed E-state index contributed by atoms with van der Waals surface area (Å²) in [7, 11) is 0. The van der Waals surface area contributed by atoms with Crippen molar-refractivity contribution in [3.8, 4) is 5.75 Å². The lowest BCUT2D eigenvalue weighted by atomic mass is 10.2. The Kier molecular flexibility index (Phi) is 6.11. The number of piperazine rings is 1. The van der Waals surface area contributed by atoms with Crippen LogP contribution >= 0.6 is 22.9 Å². The number of halogens is 1. The van der Waals surface area contributed by atoms with E-state index >= 15 is 0 Å². The van der Waals surface area contributed by atoms with E-state index in [1.54, 1.807) is 21.9 Å². The van der Waals surface area contributed by atoms with E-state index in [0.29, 0.717) is 48.4 Å². The molecule has 0 N–H and O–H groups in total. The fraction of sp³-hybridized carbons (Fsp3) is 0.273. The number of carbonyl (C=O) groups excluding carboxylic acids is 2. The van der Waals surface area contributed by atoms with Gasteiger partial charge in [-0.15, -0.1) is 11.3 Å². The molecule has 0 radical (unpaired) electrons. The lowest BCUT2D eigenvalue weighted by molar-refractivity contribution is 0.0520. The molecule has 1 aromatic carbocycles. The molecular weight excluding hydrogens is 424 g/mol. The van der Waals surface area contributed by atoms with Crippen LogP contribution in [0.4, 0.5) is 0 Å². The molecule has 30 heavy (non-hydrogen) atoms. The summed E-state index contributed by atoms with van der Waals surface area (Å²) in [6.45, 7) is 4.29. The molecule has 0 atom stereocenters. The van der Waals surface area contributed by atoms with Crippen molar-refractivity contribution < 1.29 is 18.7 Å². The molecule has 1 fully saturated rings. The molecule has 1 saturated heterocycles. The van der Waals surface area contributed by atoms with Gasteiger partial charge in [0.2, 0.25) is 0 Å². The average molecular weight is 445 g/mol. The fourth-order valence-corrected chi connectivity index (χ4v) is 4.24. The van der Waals surface area contributed by atoms with Crippen LogP contribution in [0.25, 0.3) is 0 Å². The maximum atomic E-state index is 12.8. The van der Waals surface area contributed by atoms with Crippen molar-refractivity contribution in [3.05, 3.63) is 74.8 Å². The third-order valence-electron chi connectivity index (χ3n) is 4.99. The number of rotatable bonds is 5. The Morgan fingerprint density at radius 2 is 1.83 bits per heavy atom. The normalized spacial score (nSPS) is 14.1. The molecule has 0 bridgehead atoms. The van der Waals surface area contributed by atoms with E-state index in [4.69, 9.17) is 20.8 Å². The van der Waals surface area contributed by atoms with Crippen molar-refractivity contribution >= 4 is 34.8 Å². The van der Waals surface area contributed by atoms with E-state index < -0.39 is 0 Å². The van der Waals surface area contributed by atoms with Gasteiger partial charge in [0.15, 0.2) is 5.76 Å². The summed E-state index contributed by atoms with van der Waals surface area (Å²) < 4.78 is 11.0. The van der Waals surface area contributed by atoms with Crippen LogP contribution in [0.2, 0.25) is 5.02 Å². The number of aryl methyl sites for hydroxylation is 1. The molecule has 0 saturated carbocycles. The van der Waals surface area contributed by atoms with Gasteiger partial charge in [-0.3, -0.25) is 9.59 Å². The Bertz CT molecular complexity index is 1040. The van der Waals surface area contributed by atoms with Crippen molar-refractivity contribution in [1.29, 1.82) is 0 Å². The first-order chi connectivity index (χ1) is 14.5. The van der Waals surface area contributed by atoms with Crippen LogP contribution in [0.15, 0.2) is 52.5 Å². The number of furan rings is 1. The molecule has 3 heterocycles. The maximum Gasteiger partial charge on any atom is 0.289 e. The van der Waals surface area contributed by atoms with Gasteiger partial charge < -0.3 is 19.0 Å².